The van der Waals surface area contributed by atoms with Crippen molar-refractivity contribution in [3.63, 3.8) is 0 Å². The molecule has 7 nitrogen and oxygen atoms in total. The van der Waals surface area contributed by atoms with E-state index in [0.717, 1.165) is 5.56 Å². The van der Waals surface area contributed by atoms with Crippen LogP contribution >= 0.6 is 0 Å². The van der Waals surface area contributed by atoms with Crippen LogP contribution in [0.25, 0.3) is 22.1 Å². The van der Waals surface area contributed by atoms with Crippen molar-refractivity contribution in [3.05, 3.63) is 64.5 Å². The van der Waals surface area contributed by atoms with Crippen LogP contribution in [0.5, 0.6) is 5.75 Å². The molecule has 0 unspecified atom stereocenters. The number of rotatable bonds is 5. The maximum Gasteiger partial charge on any atom is 0.260 e. The second-order valence-corrected chi connectivity index (χ2v) is 9.97. The minimum Gasteiger partial charge on any atom is -0.484 e. The van der Waals surface area contributed by atoms with Crippen LogP contribution in [-0.2, 0) is 14.6 Å². The first kappa shape index (κ1) is 21.1. The van der Waals surface area contributed by atoms with Gasteiger partial charge in [-0.25, -0.2) is 8.42 Å². The number of carbonyl (C=O) groups excluding carboxylic acids is 1. The summed E-state index contributed by atoms with van der Waals surface area (Å²) in [7, 11) is -1.49. The summed E-state index contributed by atoms with van der Waals surface area (Å²) in [5.41, 5.74) is 1.56. The lowest BCUT2D eigenvalue weighted by Crippen LogP contribution is -2.40. The summed E-state index contributed by atoms with van der Waals surface area (Å²) in [6.07, 6.45) is 0.439. The van der Waals surface area contributed by atoms with Crippen molar-refractivity contribution in [3.8, 4) is 16.9 Å². The highest BCUT2D eigenvalue weighted by molar-refractivity contribution is 7.91. The summed E-state index contributed by atoms with van der Waals surface area (Å²) in [6, 6.07) is 13.8. The van der Waals surface area contributed by atoms with E-state index in [9.17, 15) is 18.0 Å². The average Bonchev–Trinajstić information content (AvgIpc) is 3.11. The number of fused-ring (bicyclic) bond motifs is 1. The molecule has 162 valence electrons. The lowest BCUT2D eigenvalue weighted by atomic mass is 10.0. The number of nitrogens with zero attached hydrogens (tertiary/aromatic N) is 1. The molecule has 0 saturated carbocycles. The zero-order valence-corrected chi connectivity index (χ0v) is 18.1. The van der Waals surface area contributed by atoms with Gasteiger partial charge in [-0.1, -0.05) is 30.3 Å². The molecule has 1 amide bonds. The van der Waals surface area contributed by atoms with Crippen LogP contribution in [0.4, 0.5) is 0 Å². The summed E-state index contributed by atoms with van der Waals surface area (Å²) in [4.78, 5) is 26.9. The number of benzene rings is 2. The van der Waals surface area contributed by atoms with E-state index in [2.05, 4.69) is 0 Å². The average molecular weight is 442 g/mol. The second-order valence-electron chi connectivity index (χ2n) is 7.74. The van der Waals surface area contributed by atoms with Gasteiger partial charge in [0.1, 0.15) is 17.1 Å². The highest BCUT2D eigenvalue weighted by atomic mass is 32.2. The summed E-state index contributed by atoms with van der Waals surface area (Å²) in [5.74, 6) is 0.672. The molecule has 0 radical (unpaired) electrons. The van der Waals surface area contributed by atoms with Gasteiger partial charge in [0.05, 0.1) is 22.5 Å². The van der Waals surface area contributed by atoms with Crippen molar-refractivity contribution in [2.24, 2.45) is 0 Å². The van der Waals surface area contributed by atoms with E-state index < -0.39 is 9.84 Å². The zero-order chi connectivity index (χ0) is 22.2. The van der Waals surface area contributed by atoms with E-state index in [-0.39, 0.29) is 35.5 Å². The quantitative estimate of drug-likeness (QED) is 0.604. The maximum atomic E-state index is 13.0. The Balaban J connectivity index is 1.52. The topological polar surface area (TPSA) is 93.9 Å². The fourth-order valence-corrected chi connectivity index (χ4v) is 5.62. The van der Waals surface area contributed by atoms with Crippen molar-refractivity contribution < 1.29 is 22.4 Å². The summed E-state index contributed by atoms with van der Waals surface area (Å²) in [5, 5.41) is 0.427. The van der Waals surface area contributed by atoms with Gasteiger partial charge in [0.2, 0.25) is 5.43 Å². The Morgan fingerprint density at radius 3 is 2.61 bits per heavy atom. The molecular weight excluding hydrogens is 418 g/mol. The summed E-state index contributed by atoms with van der Waals surface area (Å²) < 4.78 is 34.8. The van der Waals surface area contributed by atoms with Gasteiger partial charge in [0, 0.05) is 19.2 Å². The van der Waals surface area contributed by atoms with Crippen molar-refractivity contribution in [2.75, 3.05) is 25.2 Å². The molecule has 0 spiro atoms. The Labute approximate surface area is 180 Å². The van der Waals surface area contributed by atoms with Gasteiger partial charge in [-0.2, -0.15) is 0 Å². The summed E-state index contributed by atoms with van der Waals surface area (Å²) >= 11 is 0. The molecular formula is C23H23NO6S. The minimum atomic E-state index is -3.07. The van der Waals surface area contributed by atoms with Crippen molar-refractivity contribution in [1.82, 2.24) is 4.90 Å². The Morgan fingerprint density at radius 1 is 1.19 bits per heavy atom. The van der Waals surface area contributed by atoms with E-state index in [0.29, 0.717) is 34.5 Å². The maximum absolute atomic E-state index is 13.0. The second kappa shape index (κ2) is 8.19. The van der Waals surface area contributed by atoms with E-state index >= 15 is 0 Å². The van der Waals surface area contributed by atoms with Crippen LogP contribution in [0.2, 0.25) is 0 Å². The SMILES string of the molecule is Cc1oc2cc(OCC(=O)N(C)[C@@H]3CCS(=O)(=O)C3)ccc2c(=O)c1-c1ccccc1. The predicted molar refractivity (Wildman–Crippen MR) is 118 cm³/mol. The fourth-order valence-electron chi connectivity index (χ4n) is 3.85. The Kier molecular flexibility index (Phi) is 5.58. The van der Waals surface area contributed by atoms with Gasteiger partial charge in [0.15, 0.2) is 16.4 Å². The first-order chi connectivity index (χ1) is 14.7. The van der Waals surface area contributed by atoms with Gasteiger partial charge in [0.25, 0.3) is 5.91 Å². The number of hydrogen-bond acceptors (Lipinski definition) is 6. The monoisotopic (exact) mass is 441 g/mol. The van der Waals surface area contributed by atoms with Crippen molar-refractivity contribution in [2.45, 2.75) is 19.4 Å². The molecule has 1 fully saturated rings. The number of likely N-dealkylation sites (N-methyl/N-ethyl adjacent to an activating group) is 1. The van der Waals surface area contributed by atoms with Crippen LogP contribution in [0.15, 0.2) is 57.7 Å². The lowest BCUT2D eigenvalue weighted by molar-refractivity contribution is -0.133. The number of amides is 1. The Morgan fingerprint density at radius 2 is 1.94 bits per heavy atom. The van der Waals surface area contributed by atoms with E-state index in [1.54, 1.807) is 32.2 Å². The zero-order valence-electron chi connectivity index (χ0n) is 17.3. The third-order valence-electron chi connectivity index (χ3n) is 5.61. The van der Waals surface area contributed by atoms with E-state index in [1.807, 2.05) is 30.3 Å². The molecule has 2 aromatic carbocycles. The Bertz CT molecular complexity index is 1300. The molecule has 0 aliphatic carbocycles. The highest BCUT2D eigenvalue weighted by Crippen LogP contribution is 2.26. The molecule has 31 heavy (non-hydrogen) atoms. The summed E-state index contributed by atoms with van der Waals surface area (Å²) in [6.45, 7) is 1.51. The van der Waals surface area contributed by atoms with E-state index in [1.165, 1.54) is 4.90 Å². The first-order valence-electron chi connectivity index (χ1n) is 9.97. The third-order valence-corrected chi connectivity index (χ3v) is 7.36. The number of hydrogen-bond donors (Lipinski definition) is 0. The smallest absolute Gasteiger partial charge is 0.260 e. The number of carbonyl (C=O) groups is 1. The molecule has 1 saturated heterocycles. The van der Waals surface area contributed by atoms with Gasteiger partial charge in [-0.15, -0.1) is 0 Å². The molecule has 1 aliphatic rings. The third kappa shape index (κ3) is 4.34. The fraction of sp³-hybridized carbons (Fsp3) is 0.304. The molecule has 1 atom stereocenters. The van der Waals surface area contributed by atoms with Gasteiger partial charge in [-0.05, 0) is 31.0 Å². The minimum absolute atomic E-state index is 0.0145. The normalized spacial score (nSPS) is 17.5. The highest BCUT2D eigenvalue weighted by Gasteiger charge is 2.32. The standard InChI is InChI=1S/C23H23NO6S/c1-15-22(16-6-4-3-5-7-16)23(26)19-9-8-18(12-20(19)30-15)29-13-21(25)24(2)17-10-11-31(27,28)14-17/h3-9,12,17H,10-11,13-14H2,1-2H3/t17-/m1/s1. The lowest BCUT2D eigenvalue weighted by Gasteiger charge is -2.23. The largest absolute Gasteiger partial charge is 0.484 e. The van der Waals surface area contributed by atoms with E-state index in [4.69, 9.17) is 9.15 Å². The molecule has 4 rings (SSSR count). The number of aryl methyl sites for hydroxylation is 1. The van der Waals surface area contributed by atoms with Gasteiger partial charge >= 0.3 is 0 Å². The van der Waals surface area contributed by atoms with Crippen LogP contribution in [-0.4, -0.2) is 50.4 Å². The van der Waals surface area contributed by atoms with Crippen LogP contribution in [0.1, 0.15) is 12.2 Å². The molecule has 1 aliphatic heterocycles. The van der Waals surface area contributed by atoms with Crippen molar-refractivity contribution >= 4 is 26.7 Å². The van der Waals surface area contributed by atoms with Crippen LogP contribution in [0, 0.1) is 6.92 Å². The molecule has 3 aromatic rings. The van der Waals surface area contributed by atoms with Crippen LogP contribution in [0.3, 0.4) is 0 Å². The van der Waals surface area contributed by atoms with Gasteiger partial charge < -0.3 is 14.1 Å². The van der Waals surface area contributed by atoms with Crippen LogP contribution < -0.4 is 10.2 Å². The number of ether oxygens (including phenoxy) is 1. The predicted octanol–water partition coefficient (Wildman–Crippen LogP) is 2.79. The first-order valence-corrected chi connectivity index (χ1v) is 11.8. The Hall–Kier alpha value is -3.13. The van der Waals surface area contributed by atoms with Crippen molar-refractivity contribution in [1.29, 1.82) is 0 Å². The molecule has 1 aromatic heterocycles. The molecule has 2 heterocycles. The van der Waals surface area contributed by atoms with Gasteiger partial charge in [-0.3, -0.25) is 9.59 Å². The molecule has 8 heteroatoms. The number of sulfone groups is 1. The molecule has 0 bridgehead atoms. The molecule has 0 N–H and O–H groups in total.